The van der Waals surface area contributed by atoms with Gasteiger partial charge in [0.25, 0.3) is 0 Å². The Kier molecular flexibility index (Phi) is 3.57. The molecular weight excluding hydrogens is 230 g/mol. The summed E-state index contributed by atoms with van der Waals surface area (Å²) in [5, 5.41) is 16.4. The van der Waals surface area contributed by atoms with E-state index in [0.29, 0.717) is 6.54 Å². The Bertz CT molecular complexity index is 478. The van der Waals surface area contributed by atoms with Gasteiger partial charge >= 0.3 is 0 Å². The van der Waals surface area contributed by atoms with Gasteiger partial charge in [-0.25, -0.2) is 14.6 Å². The van der Waals surface area contributed by atoms with Gasteiger partial charge in [0.1, 0.15) is 12.7 Å². The molecule has 2 rings (SSSR count). The molecule has 0 aliphatic rings. The van der Waals surface area contributed by atoms with Crippen LogP contribution in [0.2, 0.25) is 0 Å². The van der Waals surface area contributed by atoms with Crippen molar-refractivity contribution in [1.29, 1.82) is 0 Å². The predicted octanol–water partition coefficient (Wildman–Crippen LogP) is 1.09. The zero-order valence-corrected chi connectivity index (χ0v) is 10.5. The second-order valence-electron chi connectivity index (χ2n) is 4.92. The van der Waals surface area contributed by atoms with Gasteiger partial charge in [0.05, 0.1) is 11.9 Å². The summed E-state index contributed by atoms with van der Waals surface area (Å²) in [6.07, 6.45) is 4.81. The minimum absolute atomic E-state index is 0.143. The molecule has 18 heavy (non-hydrogen) atoms. The molecule has 0 aromatic carbocycles. The highest BCUT2D eigenvalue weighted by Crippen LogP contribution is 2.15. The maximum Gasteiger partial charge on any atom is 0.155 e. The molecule has 0 saturated carbocycles. The first-order chi connectivity index (χ1) is 8.61. The number of hydrogen-bond donors (Lipinski definition) is 2. The van der Waals surface area contributed by atoms with Crippen molar-refractivity contribution >= 4 is 5.69 Å². The molecule has 0 amide bonds. The highest BCUT2D eigenvalue weighted by molar-refractivity contribution is 5.43. The lowest BCUT2D eigenvalue weighted by atomic mass is 9.95. The Hall–Kier alpha value is -1.95. The normalized spacial score (nSPS) is 11.5. The second-order valence-corrected chi connectivity index (χ2v) is 4.92. The van der Waals surface area contributed by atoms with Crippen LogP contribution in [0.4, 0.5) is 5.69 Å². The Morgan fingerprint density at radius 3 is 2.78 bits per heavy atom. The fourth-order valence-corrected chi connectivity index (χ4v) is 1.35. The third-order valence-electron chi connectivity index (χ3n) is 2.60. The number of pyridine rings is 1. The smallest absolute Gasteiger partial charge is 0.155 e. The Morgan fingerprint density at radius 1 is 1.39 bits per heavy atom. The van der Waals surface area contributed by atoms with Crippen LogP contribution >= 0.6 is 0 Å². The van der Waals surface area contributed by atoms with Gasteiger partial charge in [-0.1, -0.05) is 13.8 Å². The molecule has 2 aromatic heterocycles. The summed E-state index contributed by atoms with van der Waals surface area (Å²) in [5.41, 5.74) is 0.769. The van der Waals surface area contributed by atoms with E-state index in [4.69, 9.17) is 5.11 Å². The van der Waals surface area contributed by atoms with E-state index >= 15 is 0 Å². The summed E-state index contributed by atoms with van der Waals surface area (Å²) in [7, 11) is 0. The highest BCUT2D eigenvalue weighted by Gasteiger charge is 2.15. The molecule has 0 unspecified atom stereocenters. The topological polar surface area (TPSA) is 75.9 Å². The van der Waals surface area contributed by atoms with Crippen LogP contribution in [0.3, 0.4) is 0 Å². The van der Waals surface area contributed by atoms with Crippen molar-refractivity contribution in [3.05, 3.63) is 31.0 Å². The number of nitrogens with one attached hydrogen (secondary N) is 1. The summed E-state index contributed by atoms with van der Waals surface area (Å²) in [6.45, 7) is 4.83. The molecule has 0 fully saturated rings. The number of anilines is 1. The average Bonchev–Trinajstić information content (AvgIpc) is 2.91. The van der Waals surface area contributed by atoms with Crippen LogP contribution in [0.15, 0.2) is 31.0 Å². The monoisotopic (exact) mass is 247 g/mol. The summed E-state index contributed by atoms with van der Waals surface area (Å²) < 4.78 is 1.60. The third kappa shape index (κ3) is 3.04. The maximum atomic E-state index is 9.17. The van der Waals surface area contributed by atoms with Crippen LogP contribution in [0.1, 0.15) is 13.8 Å². The van der Waals surface area contributed by atoms with E-state index in [1.807, 2.05) is 26.0 Å². The average molecular weight is 247 g/mol. The molecule has 0 spiro atoms. The van der Waals surface area contributed by atoms with E-state index < -0.39 is 0 Å². The molecule has 6 nitrogen and oxygen atoms in total. The quantitative estimate of drug-likeness (QED) is 0.827. The standard InChI is InChI=1S/C12H17N5O/c1-12(2,7-18)6-15-10-3-4-11(14-5-10)17-9-13-8-16-17/h3-5,8-9,15,18H,6-7H2,1-2H3. The molecule has 0 aliphatic carbocycles. The van der Waals surface area contributed by atoms with E-state index in [0.717, 1.165) is 11.5 Å². The number of aliphatic hydroxyl groups excluding tert-OH is 1. The van der Waals surface area contributed by atoms with E-state index in [1.165, 1.54) is 6.33 Å². The van der Waals surface area contributed by atoms with Crippen molar-refractivity contribution in [1.82, 2.24) is 19.7 Å². The van der Waals surface area contributed by atoms with Crippen LogP contribution in [-0.4, -0.2) is 38.0 Å². The molecule has 6 heteroatoms. The molecule has 2 aromatic rings. The van der Waals surface area contributed by atoms with Gasteiger partial charge in [0, 0.05) is 18.6 Å². The molecule has 2 N–H and O–H groups in total. The summed E-state index contributed by atoms with van der Waals surface area (Å²) in [4.78, 5) is 8.15. The Balaban J connectivity index is 2.00. The van der Waals surface area contributed by atoms with Crippen molar-refractivity contribution < 1.29 is 5.11 Å². The van der Waals surface area contributed by atoms with Crippen LogP contribution < -0.4 is 5.32 Å². The lowest BCUT2D eigenvalue weighted by molar-refractivity contribution is 0.171. The fraction of sp³-hybridized carbons (Fsp3) is 0.417. The van der Waals surface area contributed by atoms with Crippen LogP contribution in [0.5, 0.6) is 0 Å². The molecule has 2 heterocycles. The molecule has 0 saturated heterocycles. The molecular formula is C12H17N5O. The van der Waals surface area contributed by atoms with Gasteiger partial charge in [-0.05, 0) is 12.1 Å². The van der Waals surface area contributed by atoms with Crippen molar-refractivity contribution in [2.75, 3.05) is 18.5 Å². The molecule has 0 aliphatic heterocycles. The highest BCUT2D eigenvalue weighted by atomic mass is 16.3. The number of hydrogen-bond acceptors (Lipinski definition) is 5. The minimum atomic E-state index is -0.148. The predicted molar refractivity (Wildman–Crippen MR) is 68.5 cm³/mol. The number of aromatic nitrogens is 4. The van der Waals surface area contributed by atoms with E-state index in [-0.39, 0.29) is 12.0 Å². The van der Waals surface area contributed by atoms with Crippen LogP contribution in [0.25, 0.3) is 5.82 Å². The molecule has 0 atom stereocenters. The number of aliphatic hydroxyl groups is 1. The first-order valence-corrected chi connectivity index (χ1v) is 5.76. The van der Waals surface area contributed by atoms with Gasteiger partial charge in [-0.3, -0.25) is 0 Å². The molecule has 96 valence electrons. The van der Waals surface area contributed by atoms with Crippen LogP contribution in [0, 0.1) is 5.41 Å². The van der Waals surface area contributed by atoms with Gasteiger partial charge in [0.2, 0.25) is 0 Å². The maximum absolute atomic E-state index is 9.17. The molecule has 0 bridgehead atoms. The summed E-state index contributed by atoms with van der Waals surface area (Å²) >= 11 is 0. The van der Waals surface area contributed by atoms with Gasteiger partial charge in [-0.15, -0.1) is 0 Å². The van der Waals surface area contributed by atoms with E-state index in [9.17, 15) is 0 Å². The van der Waals surface area contributed by atoms with Gasteiger partial charge in [0.15, 0.2) is 5.82 Å². The van der Waals surface area contributed by atoms with Crippen LogP contribution in [-0.2, 0) is 0 Å². The number of rotatable bonds is 5. The lowest BCUT2D eigenvalue weighted by Gasteiger charge is -2.22. The van der Waals surface area contributed by atoms with Gasteiger partial charge < -0.3 is 10.4 Å². The van der Waals surface area contributed by atoms with Crippen molar-refractivity contribution in [2.45, 2.75) is 13.8 Å². The minimum Gasteiger partial charge on any atom is -0.396 e. The summed E-state index contributed by atoms with van der Waals surface area (Å²) in [5.74, 6) is 0.722. The van der Waals surface area contributed by atoms with Gasteiger partial charge in [-0.2, -0.15) is 5.10 Å². The fourth-order valence-electron chi connectivity index (χ4n) is 1.35. The van der Waals surface area contributed by atoms with E-state index in [1.54, 1.807) is 17.2 Å². The zero-order valence-electron chi connectivity index (χ0n) is 10.5. The third-order valence-corrected chi connectivity index (χ3v) is 2.60. The van der Waals surface area contributed by atoms with Crippen molar-refractivity contribution in [2.24, 2.45) is 5.41 Å². The van der Waals surface area contributed by atoms with Crippen molar-refractivity contribution in [3.63, 3.8) is 0 Å². The Labute approximate surface area is 106 Å². The Morgan fingerprint density at radius 2 is 2.22 bits per heavy atom. The molecule has 0 radical (unpaired) electrons. The van der Waals surface area contributed by atoms with E-state index in [2.05, 4.69) is 20.4 Å². The lowest BCUT2D eigenvalue weighted by Crippen LogP contribution is -2.26. The first kappa shape index (κ1) is 12.5. The van der Waals surface area contributed by atoms with Crippen molar-refractivity contribution in [3.8, 4) is 5.82 Å². The SMILES string of the molecule is CC(C)(CO)CNc1ccc(-n2cncn2)nc1. The zero-order chi connectivity index (χ0) is 13.0. The first-order valence-electron chi connectivity index (χ1n) is 5.76. The largest absolute Gasteiger partial charge is 0.396 e. The number of nitrogens with zero attached hydrogens (tertiary/aromatic N) is 4. The summed E-state index contributed by atoms with van der Waals surface area (Å²) in [6, 6.07) is 3.79. The second kappa shape index (κ2) is 5.14.